The highest BCUT2D eigenvalue weighted by Gasteiger charge is 2.38. The summed E-state index contributed by atoms with van der Waals surface area (Å²) in [5.41, 5.74) is 3.73. The molecule has 8 heteroatoms. The first-order chi connectivity index (χ1) is 15.3. The third-order valence-corrected chi connectivity index (χ3v) is 6.46. The Hall–Kier alpha value is -2.09. The maximum Gasteiger partial charge on any atom is 0.326 e. The highest BCUT2D eigenvalue weighted by atomic mass is 19.3. The second kappa shape index (κ2) is 11.7. The number of aliphatic carboxylic acids is 1. The molecule has 32 heavy (non-hydrogen) atoms. The Balaban J connectivity index is 1.29. The molecule has 0 aromatic carbocycles. The average molecular weight is 453 g/mol. The van der Waals surface area contributed by atoms with Crippen LogP contribution >= 0.6 is 0 Å². The molecule has 0 saturated heterocycles. The lowest BCUT2D eigenvalue weighted by atomic mass is 9.86. The van der Waals surface area contributed by atoms with Crippen LogP contribution in [0.5, 0.6) is 0 Å². The van der Waals surface area contributed by atoms with Crippen molar-refractivity contribution >= 4 is 11.9 Å². The largest absolute Gasteiger partial charge is 0.480 e. The van der Waals surface area contributed by atoms with Crippen LogP contribution in [0, 0.1) is 5.92 Å². The van der Waals surface area contributed by atoms with E-state index >= 15 is 0 Å². The number of hydrogen-bond acceptors (Lipinski definition) is 4. The molecule has 0 aliphatic heterocycles. The number of carboxylic acid groups (broad SMARTS) is 1. The number of fused-ring (bicyclic) bond motifs is 1. The van der Waals surface area contributed by atoms with E-state index in [1.54, 1.807) is 0 Å². The van der Waals surface area contributed by atoms with Gasteiger partial charge in [-0.3, -0.25) is 9.78 Å². The minimum Gasteiger partial charge on any atom is -0.480 e. The molecule has 3 rings (SSSR count). The molecule has 1 atom stereocenters. The van der Waals surface area contributed by atoms with E-state index in [1.807, 2.05) is 0 Å². The molecule has 178 valence electrons. The Morgan fingerprint density at radius 3 is 2.66 bits per heavy atom. The van der Waals surface area contributed by atoms with Crippen molar-refractivity contribution in [2.24, 2.45) is 5.92 Å². The van der Waals surface area contributed by atoms with Gasteiger partial charge in [0.2, 0.25) is 11.8 Å². The molecule has 1 saturated carbocycles. The zero-order chi connectivity index (χ0) is 23.0. The average Bonchev–Trinajstić information content (AvgIpc) is 2.77. The number of alkyl halides is 2. The van der Waals surface area contributed by atoms with Gasteiger partial charge in [0.1, 0.15) is 6.04 Å². The normalized spacial score (nSPS) is 19.2. The molecule has 1 unspecified atom stereocenters. The van der Waals surface area contributed by atoms with Gasteiger partial charge in [-0.15, -0.1) is 0 Å². The summed E-state index contributed by atoms with van der Waals surface area (Å²) >= 11 is 0. The minimum atomic E-state index is -2.72. The zero-order valence-electron chi connectivity index (χ0n) is 18.6. The number of carbonyl (C=O) groups excluding carboxylic acids is 1. The first-order valence-electron chi connectivity index (χ1n) is 11.8. The van der Waals surface area contributed by atoms with E-state index in [2.05, 4.69) is 17.4 Å². The van der Waals surface area contributed by atoms with Crippen LogP contribution in [0.1, 0.15) is 74.7 Å². The smallest absolute Gasteiger partial charge is 0.326 e. The molecule has 2 aliphatic carbocycles. The van der Waals surface area contributed by atoms with Crippen molar-refractivity contribution in [2.45, 2.75) is 89.0 Å². The van der Waals surface area contributed by atoms with Crippen LogP contribution in [0.15, 0.2) is 12.1 Å². The van der Waals surface area contributed by atoms with Crippen LogP contribution in [-0.4, -0.2) is 47.1 Å². The number of unbranched alkanes of at least 4 members (excludes halogenated alkanes) is 1. The lowest BCUT2D eigenvalue weighted by molar-refractivity contribution is -0.144. The van der Waals surface area contributed by atoms with Crippen molar-refractivity contribution in [3.05, 3.63) is 29.1 Å². The quantitative estimate of drug-likeness (QED) is 0.494. The Labute approximate surface area is 188 Å². The Morgan fingerprint density at radius 1 is 1.16 bits per heavy atom. The van der Waals surface area contributed by atoms with Gasteiger partial charge >= 0.3 is 5.97 Å². The number of nitrogens with one attached hydrogen (secondary N) is 1. The number of aryl methyl sites for hydroxylation is 3. The predicted molar refractivity (Wildman–Crippen MR) is 116 cm³/mol. The molecule has 0 bridgehead atoms. The molecule has 1 fully saturated rings. The fourth-order valence-corrected chi connectivity index (χ4v) is 4.43. The summed E-state index contributed by atoms with van der Waals surface area (Å²) in [5, 5.41) is 11.8. The zero-order valence-corrected chi connectivity index (χ0v) is 18.6. The minimum absolute atomic E-state index is 0.0841. The van der Waals surface area contributed by atoms with E-state index in [0.29, 0.717) is 6.61 Å². The molecule has 1 amide bonds. The molecule has 1 aromatic heterocycles. The first-order valence-corrected chi connectivity index (χ1v) is 11.8. The van der Waals surface area contributed by atoms with Gasteiger partial charge in [0.25, 0.3) is 0 Å². The van der Waals surface area contributed by atoms with Crippen molar-refractivity contribution in [3.8, 4) is 0 Å². The number of amides is 1. The molecule has 6 nitrogen and oxygen atoms in total. The van der Waals surface area contributed by atoms with Crippen LogP contribution in [0.3, 0.4) is 0 Å². The fraction of sp³-hybridized carbons (Fsp3) is 0.708. The summed E-state index contributed by atoms with van der Waals surface area (Å²) in [4.78, 5) is 28.5. The standard InChI is InChI=1S/C24H34F2N2O4/c25-24(26)13-10-18(11-14-24)22(29)28-21(23(30)31)12-16-32-15-4-3-6-19-9-8-17-5-1-2-7-20(17)27-19/h8-9,18,21H,1-7,10-16H2,(H,28,29)(H,30,31). The molecular formula is C24H34F2N2O4. The number of halogens is 2. The van der Waals surface area contributed by atoms with Crippen molar-refractivity contribution in [1.29, 1.82) is 0 Å². The summed E-state index contributed by atoms with van der Waals surface area (Å²) in [7, 11) is 0. The van der Waals surface area contributed by atoms with Crippen molar-refractivity contribution < 1.29 is 28.2 Å². The number of hydrogen-bond donors (Lipinski definition) is 2. The van der Waals surface area contributed by atoms with E-state index in [-0.39, 0.29) is 38.7 Å². The third-order valence-electron chi connectivity index (χ3n) is 6.46. The lowest BCUT2D eigenvalue weighted by Gasteiger charge is -2.28. The Morgan fingerprint density at radius 2 is 1.91 bits per heavy atom. The predicted octanol–water partition coefficient (Wildman–Crippen LogP) is 4.08. The number of ether oxygens (including phenoxy) is 1. The summed E-state index contributed by atoms with van der Waals surface area (Å²) in [5.74, 6) is -4.85. The van der Waals surface area contributed by atoms with Gasteiger partial charge in [0, 0.05) is 49.8 Å². The lowest BCUT2D eigenvalue weighted by Crippen LogP contribution is -2.45. The molecule has 2 N–H and O–H groups in total. The van der Waals surface area contributed by atoms with Gasteiger partial charge in [-0.2, -0.15) is 0 Å². The monoisotopic (exact) mass is 452 g/mol. The summed E-state index contributed by atoms with van der Waals surface area (Å²) in [6.07, 6.45) is 7.01. The number of carboxylic acids is 1. The number of pyridine rings is 1. The van der Waals surface area contributed by atoms with Crippen LogP contribution < -0.4 is 5.32 Å². The van der Waals surface area contributed by atoms with Crippen LogP contribution in [-0.2, 0) is 33.6 Å². The molecule has 1 heterocycles. The fourth-order valence-electron chi connectivity index (χ4n) is 4.43. The number of aromatic nitrogens is 1. The van der Waals surface area contributed by atoms with Gasteiger partial charge in [0.15, 0.2) is 0 Å². The topological polar surface area (TPSA) is 88.5 Å². The van der Waals surface area contributed by atoms with Gasteiger partial charge in [-0.25, -0.2) is 13.6 Å². The van der Waals surface area contributed by atoms with Crippen molar-refractivity contribution in [1.82, 2.24) is 10.3 Å². The number of nitrogens with zero attached hydrogens (tertiary/aromatic N) is 1. The maximum atomic E-state index is 13.2. The molecule has 1 aromatic rings. The highest BCUT2D eigenvalue weighted by Crippen LogP contribution is 2.36. The van der Waals surface area contributed by atoms with E-state index in [4.69, 9.17) is 9.72 Å². The van der Waals surface area contributed by atoms with E-state index < -0.39 is 29.8 Å². The van der Waals surface area contributed by atoms with E-state index in [0.717, 1.165) is 37.8 Å². The molecule has 2 aliphatic rings. The third kappa shape index (κ3) is 7.50. The highest BCUT2D eigenvalue weighted by molar-refractivity contribution is 5.85. The van der Waals surface area contributed by atoms with Crippen LogP contribution in [0.25, 0.3) is 0 Å². The Bertz CT molecular complexity index is 777. The Kier molecular flexibility index (Phi) is 8.96. The van der Waals surface area contributed by atoms with E-state index in [1.165, 1.54) is 24.1 Å². The van der Waals surface area contributed by atoms with Gasteiger partial charge in [-0.05, 0) is 69.4 Å². The second-order valence-electron chi connectivity index (χ2n) is 9.00. The molecular weight excluding hydrogens is 418 g/mol. The summed E-state index contributed by atoms with van der Waals surface area (Å²) < 4.78 is 32.1. The van der Waals surface area contributed by atoms with Gasteiger partial charge in [0.05, 0.1) is 0 Å². The van der Waals surface area contributed by atoms with Gasteiger partial charge < -0.3 is 15.2 Å². The summed E-state index contributed by atoms with van der Waals surface area (Å²) in [6.45, 7) is 0.736. The maximum absolute atomic E-state index is 13.2. The molecule has 0 radical (unpaired) electrons. The van der Waals surface area contributed by atoms with Crippen LogP contribution in [0.2, 0.25) is 0 Å². The first kappa shape index (κ1) is 24.6. The SMILES string of the molecule is O=C(NC(CCOCCCCc1ccc2c(n1)CCCC2)C(=O)O)C1CCC(F)(F)CC1. The summed E-state index contributed by atoms with van der Waals surface area (Å²) in [6, 6.07) is 3.25. The van der Waals surface area contributed by atoms with Crippen molar-refractivity contribution in [3.63, 3.8) is 0 Å². The number of carbonyl (C=O) groups is 2. The van der Waals surface area contributed by atoms with Crippen molar-refractivity contribution in [2.75, 3.05) is 13.2 Å². The number of rotatable bonds is 11. The van der Waals surface area contributed by atoms with Crippen LogP contribution in [0.4, 0.5) is 8.78 Å². The molecule has 0 spiro atoms. The van der Waals surface area contributed by atoms with E-state index in [9.17, 15) is 23.5 Å². The second-order valence-corrected chi connectivity index (χ2v) is 9.00. The van der Waals surface area contributed by atoms with Gasteiger partial charge in [-0.1, -0.05) is 6.07 Å².